The van der Waals surface area contributed by atoms with Gasteiger partial charge >= 0.3 is 0 Å². The highest BCUT2D eigenvalue weighted by Crippen LogP contribution is 2.20. The smallest absolute Gasteiger partial charge is 0.254 e. The average molecular weight is 333 g/mol. The third-order valence-corrected chi connectivity index (χ3v) is 5.38. The Hall–Kier alpha value is -1.18. The Morgan fingerprint density at radius 2 is 2.33 bits per heavy atom. The molecule has 116 valence electrons. The van der Waals surface area contributed by atoms with E-state index in [9.17, 15) is 13.2 Å². The molecule has 0 aromatic carbocycles. The summed E-state index contributed by atoms with van der Waals surface area (Å²) in [6, 6.07) is 2.73. The summed E-state index contributed by atoms with van der Waals surface area (Å²) in [4.78, 5) is 18.0. The molecule has 8 heteroatoms. The SMILES string of the molecule is COCCN(C(=O)c1ccnc(Cl)c1)C1CCS(=O)(=O)C1. The Kier molecular flexibility index (Phi) is 5.18. The summed E-state index contributed by atoms with van der Waals surface area (Å²) in [5.74, 6) is -0.134. The monoisotopic (exact) mass is 332 g/mol. The fourth-order valence-corrected chi connectivity index (χ4v) is 4.27. The maximum absolute atomic E-state index is 12.6. The van der Waals surface area contributed by atoms with Gasteiger partial charge in [0, 0.05) is 31.5 Å². The first-order chi connectivity index (χ1) is 9.93. The molecule has 1 saturated heterocycles. The van der Waals surface area contributed by atoms with E-state index in [0.717, 1.165) is 0 Å². The molecule has 6 nitrogen and oxygen atoms in total. The van der Waals surface area contributed by atoms with E-state index in [1.54, 1.807) is 11.0 Å². The summed E-state index contributed by atoms with van der Waals surface area (Å²) in [6.45, 7) is 0.691. The van der Waals surface area contributed by atoms with Gasteiger partial charge in [-0.05, 0) is 18.6 Å². The number of sulfone groups is 1. The number of methoxy groups -OCH3 is 1. The molecule has 0 bridgehead atoms. The molecule has 1 aromatic rings. The lowest BCUT2D eigenvalue weighted by molar-refractivity contribution is 0.0624. The summed E-state index contributed by atoms with van der Waals surface area (Å²) in [6.07, 6.45) is 1.91. The van der Waals surface area contributed by atoms with Crippen molar-refractivity contribution >= 4 is 27.3 Å². The van der Waals surface area contributed by atoms with Gasteiger partial charge in [0.05, 0.1) is 18.1 Å². The molecule has 1 atom stereocenters. The Morgan fingerprint density at radius 1 is 1.57 bits per heavy atom. The minimum Gasteiger partial charge on any atom is -0.383 e. The van der Waals surface area contributed by atoms with Crippen LogP contribution in [0.1, 0.15) is 16.8 Å². The number of carbonyl (C=O) groups excluding carboxylic acids is 1. The fourth-order valence-electron chi connectivity index (χ4n) is 2.36. The number of rotatable bonds is 5. The van der Waals surface area contributed by atoms with Gasteiger partial charge in [-0.25, -0.2) is 13.4 Å². The van der Waals surface area contributed by atoms with Crippen molar-refractivity contribution in [2.75, 3.05) is 31.8 Å². The number of hydrogen-bond donors (Lipinski definition) is 0. The third kappa shape index (κ3) is 4.15. The van der Waals surface area contributed by atoms with E-state index in [-0.39, 0.29) is 28.6 Å². The number of aromatic nitrogens is 1. The molecule has 1 aromatic heterocycles. The van der Waals surface area contributed by atoms with Crippen molar-refractivity contribution in [3.05, 3.63) is 29.0 Å². The Bertz CT molecular complexity index is 620. The van der Waals surface area contributed by atoms with E-state index in [4.69, 9.17) is 16.3 Å². The Labute approximate surface area is 129 Å². The summed E-state index contributed by atoms with van der Waals surface area (Å²) in [5.41, 5.74) is 0.399. The molecule has 0 saturated carbocycles. The van der Waals surface area contributed by atoms with Crippen LogP contribution in [0.3, 0.4) is 0 Å². The zero-order chi connectivity index (χ0) is 15.5. The first-order valence-electron chi connectivity index (χ1n) is 6.55. The van der Waals surface area contributed by atoms with Crippen molar-refractivity contribution in [2.45, 2.75) is 12.5 Å². The lowest BCUT2D eigenvalue weighted by Gasteiger charge is -2.28. The zero-order valence-corrected chi connectivity index (χ0v) is 13.2. The minimum absolute atomic E-state index is 0.00126. The number of carbonyl (C=O) groups is 1. The molecule has 0 spiro atoms. The van der Waals surface area contributed by atoms with Crippen molar-refractivity contribution in [3.63, 3.8) is 0 Å². The van der Waals surface area contributed by atoms with E-state index in [2.05, 4.69) is 4.98 Å². The number of ether oxygens (including phenoxy) is 1. The minimum atomic E-state index is -3.06. The second-order valence-corrected chi connectivity index (χ2v) is 7.53. The number of pyridine rings is 1. The molecule has 0 N–H and O–H groups in total. The summed E-state index contributed by atoms with van der Waals surface area (Å²) < 4.78 is 28.3. The van der Waals surface area contributed by atoms with Gasteiger partial charge in [0.1, 0.15) is 5.15 Å². The largest absolute Gasteiger partial charge is 0.383 e. The number of halogens is 1. The van der Waals surface area contributed by atoms with E-state index < -0.39 is 9.84 Å². The number of hydrogen-bond acceptors (Lipinski definition) is 5. The van der Waals surface area contributed by atoms with Gasteiger partial charge < -0.3 is 9.64 Å². The van der Waals surface area contributed by atoms with Crippen LogP contribution in [0.5, 0.6) is 0 Å². The molecule has 1 unspecified atom stereocenters. The van der Waals surface area contributed by atoms with Crippen LogP contribution >= 0.6 is 11.6 Å². The molecule has 21 heavy (non-hydrogen) atoms. The van der Waals surface area contributed by atoms with Crippen molar-refractivity contribution < 1.29 is 17.9 Å². The molecule has 0 radical (unpaired) electrons. The van der Waals surface area contributed by atoms with Gasteiger partial charge in [-0.2, -0.15) is 0 Å². The number of amides is 1. The highest BCUT2D eigenvalue weighted by atomic mass is 35.5. The molecule has 1 aliphatic rings. The summed E-state index contributed by atoms with van der Waals surface area (Å²) in [5, 5.41) is 0.228. The molecule has 2 rings (SSSR count). The van der Waals surface area contributed by atoms with Crippen molar-refractivity contribution in [1.82, 2.24) is 9.88 Å². The summed E-state index contributed by atoms with van der Waals surface area (Å²) in [7, 11) is -1.52. The van der Waals surface area contributed by atoms with Crippen molar-refractivity contribution in [1.29, 1.82) is 0 Å². The van der Waals surface area contributed by atoms with Gasteiger partial charge in [-0.1, -0.05) is 11.6 Å². The topological polar surface area (TPSA) is 76.6 Å². The lowest BCUT2D eigenvalue weighted by atomic mass is 10.1. The van der Waals surface area contributed by atoms with Crippen LogP contribution < -0.4 is 0 Å². The highest BCUT2D eigenvalue weighted by molar-refractivity contribution is 7.91. The molecule has 1 aliphatic heterocycles. The molecular formula is C13H17ClN2O4S. The van der Waals surface area contributed by atoms with Crippen LogP contribution in [0.4, 0.5) is 0 Å². The van der Waals surface area contributed by atoms with Gasteiger partial charge in [0.2, 0.25) is 0 Å². The molecule has 2 heterocycles. The van der Waals surface area contributed by atoms with E-state index >= 15 is 0 Å². The lowest BCUT2D eigenvalue weighted by Crippen LogP contribution is -2.43. The number of nitrogens with zero attached hydrogens (tertiary/aromatic N) is 2. The average Bonchev–Trinajstić information content (AvgIpc) is 2.79. The maximum atomic E-state index is 12.6. The van der Waals surface area contributed by atoms with E-state index in [1.807, 2.05) is 0 Å². The van der Waals surface area contributed by atoms with Crippen molar-refractivity contribution in [2.24, 2.45) is 0 Å². The van der Waals surface area contributed by atoms with Gasteiger partial charge in [0.25, 0.3) is 5.91 Å². The predicted molar refractivity (Wildman–Crippen MR) is 79.2 cm³/mol. The normalized spacial score (nSPS) is 20.4. The second-order valence-electron chi connectivity index (χ2n) is 4.92. The van der Waals surface area contributed by atoms with Gasteiger partial charge in [-0.3, -0.25) is 4.79 Å². The van der Waals surface area contributed by atoms with Crippen LogP contribution in [0.15, 0.2) is 18.3 Å². The molecular weight excluding hydrogens is 316 g/mol. The predicted octanol–water partition coefficient (Wildman–Crippen LogP) is 1.01. The first kappa shape index (κ1) is 16.2. The highest BCUT2D eigenvalue weighted by Gasteiger charge is 2.34. The van der Waals surface area contributed by atoms with E-state index in [0.29, 0.717) is 25.1 Å². The van der Waals surface area contributed by atoms with Gasteiger partial charge in [0.15, 0.2) is 9.84 Å². The van der Waals surface area contributed by atoms with Crippen LogP contribution in [-0.4, -0.2) is 62.0 Å². The molecule has 1 fully saturated rings. The fraction of sp³-hybridized carbons (Fsp3) is 0.538. The summed E-state index contributed by atoms with van der Waals surface area (Å²) >= 11 is 5.80. The quantitative estimate of drug-likeness (QED) is 0.752. The third-order valence-electron chi connectivity index (χ3n) is 3.42. The van der Waals surface area contributed by atoms with Crippen LogP contribution in [-0.2, 0) is 14.6 Å². The maximum Gasteiger partial charge on any atom is 0.254 e. The standard InChI is InChI=1S/C13H17ClN2O4S/c1-20-6-5-16(11-3-7-21(18,19)9-11)13(17)10-2-4-15-12(14)8-10/h2,4,8,11H,3,5-7,9H2,1H3. The van der Waals surface area contributed by atoms with Crippen LogP contribution in [0, 0.1) is 0 Å². The second kappa shape index (κ2) is 6.72. The zero-order valence-electron chi connectivity index (χ0n) is 11.7. The molecule has 0 aliphatic carbocycles. The Morgan fingerprint density at radius 3 is 2.90 bits per heavy atom. The molecule has 1 amide bonds. The van der Waals surface area contributed by atoms with Crippen LogP contribution in [0.2, 0.25) is 5.15 Å². The van der Waals surface area contributed by atoms with E-state index in [1.165, 1.54) is 19.4 Å². The van der Waals surface area contributed by atoms with Gasteiger partial charge in [-0.15, -0.1) is 0 Å². The van der Waals surface area contributed by atoms with Crippen molar-refractivity contribution in [3.8, 4) is 0 Å². The first-order valence-corrected chi connectivity index (χ1v) is 8.75. The van der Waals surface area contributed by atoms with Crippen LogP contribution in [0.25, 0.3) is 0 Å². The Balaban J connectivity index is 2.21.